The van der Waals surface area contributed by atoms with Gasteiger partial charge in [-0.25, -0.2) is 4.98 Å². The minimum absolute atomic E-state index is 0.0867. The van der Waals surface area contributed by atoms with Crippen LogP contribution in [0.4, 0.5) is 5.69 Å². The van der Waals surface area contributed by atoms with E-state index in [9.17, 15) is 9.90 Å². The van der Waals surface area contributed by atoms with Crippen LogP contribution in [0, 0.1) is 12.8 Å². The zero-order chi connectivity index (χ0) is 19.5. The van der Waals surface area contributed by atoms with Crippen molar-refractivity contribution in [2.24, 2.45) is 5.92 Å². The molecule has 6 heteroatoms. The van der Waals surface area contributed by atoms with Crippen LogP contribution in [0.25, 0.3) is 11.0 Å². The molecule has 0 bridgehead atoms. The molecule has 2 heterocycles. The van der Waals surface area contributed by atoms with Crippen LogP contribution in [-0.4, -0.2) is 45.1 Å². The number of piperidine rings is 1. The molecule has 0 radical (unpaired) electrons. The first kappa shape index (κ1) is 18.5. The second kappa shape index (κ2) is 8.02. The van der Waals surface area contributed by atoms with Crippen LogP contribution < -0.4 is 5.32 Å². The number of amides is 1. The minimum atomic E-state index is -0.0867. The molecule has 2 aromatic carbocycles. The van der Waals surface area contributed by atoms with E-state index in [0.29, 0.717) is 18.2 Å². The maximum absolute atomic E-state index is 12.3. The van der Waals surface area contributed by atoms with Crippen molar-refractivity contribution in [3.63, 3.8) is 0 Å². The molecule has 0 unspecified atom stereocenters. The predicted octanol–water partition coefficient (Wildman–Crippen LogP) is 3.40. The SMILES string of the molecule is Cc1nc2ccccc2n1CC1CCN(CC(=O)Nc2ccccc2O)CC1. The highest BCUT2D eigenvalue weighted by molar-refractivity contribution is 5.93. The van der Waals surface area contributed by atoms with E-state index in [0.717, 1.165) is 43.8 Å². The van der Waals surface area contributed by atoms with Crippen LogP contribution in [0.2, 0.25) is 0 Å². The van der Waals surface area contributed by atoms with E-state index in [1.165, 1.54) is 5.52 Å². The number of phenolic OH excluding ortho intramolecular Hbond substituents is 1. The number of fused-ring (bicyclic) bond motifs is 1. The van der Waals surface area contributed by atoms with E-state index in [1.807, 2.05) is 6.07 Å². The predicted molar refractivity (Wildman–Crippen MR) is 110 cm³/mol. The van der Waals surface area contributed by atoms with Gasteiger partial charge in [-0.3, -0.25) is 9.69 Å². The minimum Gasteiger partial charge on any atom is -0.506 e. The lowest BCUT2D eigenvalue weighted by Crippen LogP contribution is -2.40. The van der Waals surface area contributed by atoms with E-state index in [1.54, 1.807) is 24.3 Å². The van der Waals surface area contributed by atoms with Gasteiger partial charge in [0.25, 0.3) is 0 Å². The van der Waals surface area contributed by atoms with Gasteiger partial charge >= 0.3 is 0 Å². The van der Waals surface area contributed by atoms with E-state index >= 15 is 0 Å². The number of para-hydroxylation sites is 4. The van der Waals surface area contributed by atoms with E-state index in [-0.39, 0.29) is 11.7 Å². The number of likely N-dealkylation sites (tertiary alicyclic amines) is 1. The highest BCUT2D eigenvalue weighted by Crippen LogP contribution is 2.24. The molecule has 1 saturated heterocycles. The Morgan fingerprint density at radius 1 is 1.14 bits per heavy atom. The average Bonchev–Trinajstić information content (AvgIpc) is 3.00. The summed E-state index contributed by atoms with van der Waals surface area (Å²) >= 11 is 0. The summed E-state index contributed by atoms with van der Waals surface area (Å²) in [7, 11) is 0. The molecule has 28 heavy (non-hydrogen) atoms. The number of anilines is 1. The molecule has 146 valence electrons. The summed E-state index contributed by atoms with van der Waals surface area (Å²) < 4.78 is 2.32. The van der Waals surface area contributed by atoms with Crippen LogP contribution in [0.15, 0.2) is 48.5 Å². The molecule has 0 spiro atoms. The summed E-state index contributed by atoms with van der Waals surface area (Å²) in [5.74, 6) is 1.66. The Morgan fingerprint density at radius 3 is 2.64 bits per heavy atom. The first-order valence-electron chi connectivity index (χ1n) is 9.82. The summed E-state index contributed by atoms with van der Waals surface area (Å²) in [5, 5.41) is 12.6. The fraction of sp³-hybridized carbons (Fsp3) is 0.364. The lowest BCUT2D eigenvalue weighted by atomic mass is 9.96. The molecule has 1 aliphatic rings. The standard InChI is InChI=1S/C22H26N4O2/c1-16-23-18-6-2-4-8-20(18)26(16)14-17-10-12-25(13-11-17)15-22(28)24-19-7-3-5-9-21(19)27/h2-9,17,27H,10-15H2,1H3,(H,24,28). The normalized spacial score (nSPS) is 15.8. The molecule has 1 aromatic heterocycles. The Kier molecular flexibility index (Phi) is 5.30. The lowest BCUT2D eigenvalue weighted by molar-refractivity contribution is -0.117. The number of carbonyl (C=O) groups is 1. The number of benzene rings is 2. The molecular weight excluding hydrogens is 352 g/mol. The maximum atomic E-state index is 12.3. The van der Waals surface area contributed by atoms with Gasteiger partial charge in [-0.15, -0.1) is 0 Å². The Balaban J connectivity index is 1.30. The van der Waals surface area contributed by atoms with Crippen molar-refractivity contribution in [3.8, 4) is 5.75 Å². The Morgan fingerprint density at radius 2 is 1.86 bits per heavy atom. The highest BCUT2D eigenvalue weighted by Gasteiger charge is 2.22. The van der Waals surface area contributed by atoms with E-state index < -0.39 is 0 Å². The van der Waals surface area contributed by atoms with Crippen molar-refractivity contribution < 1.29 is 9.90 Å². The number of aromatic nitrogens is 2. The Labute approximate surface area is 164 Å². The zero-order valence-corrected chi connectivity index (χ0v) is 16.1. The summed E-state index contributed by atoms with van der Waals surface area (Å²) in [5.41, 5.74) is 2.72. The molecule has 1 amide bonds. The van der Waals surface area contributed by atoms with Gasteiger partial charge in [-0.05, 0) is 63.0 Å². The quantitative estimate of drug-likeness (QED) is 0.668. The van der Waals surface area contributed by atoms with Crippen LogP contribution in [0.1, 0.15) is 18.7 Å². The van der Waals surface area contributed by atoms with Gasteiger partial charge in [-0.2, -0.15) is 0 Å². The van der Waals surface area contributed by atoms with Crippen molar-refractivity contribution in [3.05, 3.63) is 54.4 Å². The summed E-state index contributed by atoms with van der Waals surface area (Å²) in [6, 6.07) is 15.1. The van der Waals surface area contributed by atoms with Gasteiger partial charge < -0.3 is 15.0 Å². The number of phenols is 1. The molecule has 0 atom stereocenters. The molecule has 1 aliphatic heterocycles. The van der Waals surface area contributed by atoms with Gasteiger partial charge in [0.05, 0.1) is 23.3 Å². The number of aromatic hydroxyl groups is 1. The third kappa shape index (κ3) is 4.02. The number of nitrogens with zero attached hydrogens (tertiary/aromatic N) is 3. The number of hydrogen-bond donors (Lipinski definition) is 2. The second-order valence-electron chi connectivity index (χ2n) is 7.54. The van der Waals surface area contributed by atoms with Gasteiger partial charge in [0, 0.05) is 6.54 Å². The number of carbonyl (C=O) groups excluding carboxylic acids is 1. The van der Waals surface area contributed by atoms with Crippen molar-refractivity contribution in [1.29, 1.82) is 0 Å². The van der Waals surface area contributed by atoms with Crippen molar-refractivity contribution in [2.45, 2.75) is 26.3 Å². The Bertz CT molecular complexity index is 974. The smallest absolute Gasteiger partial charge is 0.238 e. The molecule has 0 aliphatic carbocycles. The summed E-state index contributed by atoms with van der Waals surface area (Å²) in [4.78, 5) is 19.1. The fourth-order valence-electron chi connectivity index (χ4n) is 3.98. The summed E-state index contributed by atoms with van der Waals surface area (Å²) in [6.45, 7) is 5.21. The first-order valence-corrected chi connectivity index (χ1v) is 9.82. The van der Waals surface area contributed by atoms with E-state index in [4.69, 9.17) is 0 Å². The molecular formula is C22H26N4O2. The van der Waals surface area contributed by atoms with Crippen molar-refractivity contribution in [2.75, 3.05) is 25.0 Å². The van der Waals surface area contributed by atoms with Crippen LogP contribution in [-0.2, 0) is 11.3 Å². The number of hydrogen-bond acceptors (Lipinski definition) is 4. The molecule has 1 fully saturated rings. The van der Waals surface area contributed by atoms with E-state index in [2.05, 4.69) is 44.9 Å². The molecule has 2 N–H and O–H groups in total. The monoisotopic (exact) mass is 378 g/mol. The van der Waals surface area contributed by atoms with Crippen LogP contribution in [0.3, 0.4) is 0 Å². The lowest BCUT2D eigenvalue weighted by Gasteiger charge is -2.31. The third-order valence-corrected chi connectivity index (χ3v) is 5.54. The first-order chi connectivity index (χ1) is 13.6. The Hall–Kier alpha value is -2.86. The number of rotatable bonds is 5. The van der Waals surface area contributed by atoms with Crippen molar-refractivity contribution >= 4 is 22.6 Å². The molecule has 6 nitrogen and oxygen atoms in total. The second-order valence-corrected chi connectivity index (χ2v) is 7.54. The topological polar surface area (TPSA) is 70.4 Å². The third-order valence-electron chi connectivity index (χ3n) is 5.54. The van der Waals surface area contributed by atoms with Gasteiger partial charge in [0.2, 0.25) is 5.91 Å². The zero-order valence-electron chi connectivity index (χ0n) is 16.1. The summed E-state index contributed by atoms with van der Waals surface area (Å²) in [6.07, 6.45) is 2.13. The highest BCUT2D eigenvalue weighted by atomic mass is 16.3. The number of nitrogens with one attached hydrogen (secondary N) is 1. The van der Waals surface area contributed by atoms with Gasteiger partial charge in [0.15, 0.2) is 0 Å². The maximum Gasteiger partial charge on any atom is 0.238 e. The van der Waals surface area contributed by atoms with Gasteiger partial charge in [-0.1, -0.05) is 24.3 Å². The average molecular weight is 378 g/mol. The number of imidazole rings is 1. The molecule has 0 saturated carbocycles. The fourth-order valence-corrected chi connectivity index (χ4v) is 3.98. The van der Waals surface area contributed by atoms with Crippen LogP contribution in [0.5, 0.6) is 5.75 Å². The largest absolute Gasteiger partial charge is 0.506 e. The molecule has 4 rings (SSSR count). The van der Waals surface area contributed by atoms with Crippen LogP contribution >= 0.6 is 0 Å². The van der Waals surface area contributed by atoms with Crippen molar-refractivity contribution in [1.82, 2.24) is 14.5 Å². The number of aryl methyl sites for hydroxylation is 1. The van der Waals surface area contributed by atoms with Gasteiger partial charge in [0.1, 0.15) is 11.6 Å². The molecule has 3 aromatic rings.